The van der Waals surface area contributed by atoms with Crippen LogP contribution in [0.5, 0.6) is 0 Å². The molecule has 10 nitrogen and oxygen atoms in total. The zero-order valence-electron chi connectivity index (χ0n) is 15.8. The fourth-order valence-corrected chi connectivity index (χ4v) is 2.27. The van der Waals surface area contributed by atoms with Gasteiger partial charge in [0.1, 0.15) is 12.6 Å². The van der Waals surface area contributed by atoms with Gasteiger partial charge >= 0.3 is 12.1 Å². The molecule has 0 aromatic heterocycles. The molecule has 0 unspecified atom stereocenters. The lowest BCUT2D eigenvalue weighted by Gasteiger charge is -2.16. The first-order chi connectivity index (χ1) is 13.2. The first kappa shape index (κ1) is 22.6. The van der Waals surface area contributed by atoms with E-state index < -0.39 is 29.9 Å². The van der Waals surface area contributed by atoms with Gasteiger partial charge in [-0.3, -0.25) is 14.6 Å². The van der Waals surface area contributed by atoms with Gasteiger partial charge in [0.25, 0.3) is 0 Å². The number of carbonyl (C=O) groups is 4. The molecule has 1 atom stereocenters. The zero-order chi connectivity index (χ0) is 21.1. The fourth-order valence-electron chi connectivity index (χ4n) is 2.27. The summed E-state index contributed by atoms with van der Waals surface area (Å²) in [6, 6.07) is 7.79. The van der Waals surface area contributed by atoms with Crippen molar-refractivity contribution in [2.24, 2.45) is 10.7 Å². The highest BCUT2D eigenvalue weighted by Crippen LogP contribution is 2.03. The number of hydrogen-bond acceptors (Lipinski definition) is 6. The molecular formula is C18H24N4O6. The Bertz CT molecular complexity index is 721. The van der Waals surface area contributed by atoms with E-state index in [4.69, 9.17) is 10.5 Å². The number of benzene rings is 1. The topological polar surface area (TPSA) is 151 Å². The normalized spacial score (nSPS) is 12.0. The molecule has 0 aliphatic carbocycles. The van der Waals surface area contributed by atoms with Crippen LogP contribution in [-0.2, 0) is 25.7 Å². The number of aliphatic carboxylic acids is 1. The number of carbonyl (C=O) groups excluding carboxylic acids is 3. The van der Waals surface area contributed by atoms with Gasteiger partial charge in [0.2, 0.25) is 17.8 Å². The Labute approximate surface area is 162 Å². The van der Waals surface area contributed by atoms with Crippen molar-refractivity contribution in [3.05, 3.63) is 35.9 Å². The van der Waals surface area contributed by atoms with Gasteiger partial charge in [-0.1, -0.05) is 30.3 Å². The fraction of sp³-hybridized carbons (Fsp3) is 0.389. The number of ether oxygens (including phenoxy) is 1. The Morgan fingerprint density at radius 3 is 2.32 bits per heavy atom. The molecule has 3 amide bonds. The average molecular weight is 392 g/mol. The SMILES string of the molecule is CC(=O)N(C(C)=O)C(N)=NCCC[C@H](NC(=O)OCc1ccccc1)C(=O)O. The third-order valence-electron chi connectivity index (χ3n) is 3.59. The van der Waals surface area contributed by atoms with Gasteiger partial charge in [0.05, 0.1) is 0 Å². The van der Waals surface area contributed by atoms with Gasteiger partial charge < -0.3 is 20.9 Å². The van der Waals surface area contributed by atoms with E-state index in [0.717, 1.165) is 5.56 Å². The highest BCUT2D eigenvalue weighted by Gasteiger charge is 2.21. The van der Waals surface area contributed by atoms with E-state index in [9.17, 15) is 24.3 Å². The first-order valence-electron chi connectivity index (χ1n) is 8.53. The minimum absolute atomic E-state index is 0.0196. The molecule has 0 aliphatic heterocycles. The molecule has 0 heterocycles. The minimum atomic E-state index is -1.22. The van der Waals surface area contributed by atoms with Crippen LogP contribution >= 0.6 is 0 Å². The van der Waals surface area contributed by atoms with E-state index >= 15 is 0 Å². The van der Waals surface area contributed by atoms with Gasteiger partial charge in [0.15, 0.2) is 0 Å². The minimum Gasteiger partial charge on any atom is -0.480 e. The summed E-state index contributed by atoms with van der Waals surface area (Å²) in [6.45, 7) is 2.45. The lowest BCUT2D eigenvalue weighted by molar-refractivity contribution is -0.140. The van der Waals surface area contributed by atoms with E-state index in [1.807, 2.05) is 6.07 Å². The van der Waals surface area contributed by atoms with Crippen molar-refractivity contribution in [2.75, 3.05) is 6.54 Å². The third-order valence-corrected chi connectivity index (χ3v) is 3.59. The number of carboxylic acid groups (broad SMARTS) is 1. The molecule has 0 fully saturated rings. The maximum atomic E-state index is 11.8. The van der Waals surface area contributed by atoms with Crippen LogP contribution < -0.4 is 11.1 Å². The maximum absolute atomic E-state index is 11.8. The molecule has 0 saturated heterocycles. The van der Waals surface area contributed by atoms with Crippen molar-refractivity contribution in [1.29, 1.82) is 0 Å². The number of imide groups is 1. The Kier molecular flexibility index (Phi) is 9.14. The second-order valence-corrected chi connectivity index (χ2v) is 5.85. The summed E-state index contributed by atoms with van der Waals surface area (Å²) in [7, 11) is 0. The van der Waals surface area contributed by atoms with E-state index in [-0.39, 0.29) is 32.0 Å². The Hall–Kier alpha value is -3.43. The Balaban J connectivity index is 2.49. The van der Waals surface area contributed by atoms with Crippen molar-refractivity contribution in [2.45, 2.75) is 39.3 Å². The number of amides is 3. The molecule has 152 valence electrons. The van der Waals surface area contributed by atoms with Crippen LogP contribution in [0.25, 0.3) is 0 Å². The van der Waals surface area contributed by atoms with Crippen molar-refractivity contribution in [3.63, 3.8) is 0 Å². The summed E-state index contributed by atoms with van der Waals surface area (Å²) >= 11 is 0. The number of hydrogen-bond donors (Lipinski definition) is 3. The van der Waals surface area contributed by atoms with E-state index in [0.29, 0.717) is 4.90 Å². The summed E-state index contributed by atoms with van der Waals surface area (Å²) in [5.41, 5.74) is 6.37. The molecular weight excluding hydrogens is 368 g/mol. The second kappa shape index (κ2) is 11.3. The number of nitrogens with zero attached hydrogens (tertiary/aromatic N) is 2. The molecule has 10 heteroatoms. The second-order valence-electron chi connectivity index (χ2n) is 5.85. The number of rotatable bonds is 8. The first-order valence-corrected chi connectivity index (χ1v) is 8.53. The molecule has 0 radical (unpaired) electrons. The van der Waals surface area contributed by atoms with Crippen LogP contribution in [0.1, 0.15) is 32.3 Å². The molecule has 0 bridgehead atoms. The standard InChI is InChI=1S/C18H24N4O6/c1-12(23)22(13(2)24)17(19)20-10-6-9-15(16(25)26)21-18(27)28-11-14-7-4-3-5-8-14/h3-5,7-8,15H,6,9-11H2,1-2H3,(H2,19,20)(H,21,27)(H,25,26)/t15-/m0/s1. The average Bonchev–Trinajstić information content (AvgIpc) is 2.62. The maximum Gasteiger partial charge on any atom is 0.408 e. The van der Waals surface area contributed by atoms with E-state index in [1.54, 1.807) is 24.3 Å². The predicted octanol–water partition coefficient (Wildman–Crippen LogP) is 0.856. The quantitative estimate of drug-likeness (QED) is 0.337. The smallest absolute Gasteiger partial charge is 0.408 e. The summed E-state index contributed by atoms with van der Waals surface area (Å²) in [6.07, 6.45) is -0.536. The van der Waals surface area contributed by atoms with Crippen LogP contribution in [0.4, 0.5) is 4.79 Å². The number of aliphatic imine (C=N–C) groups is 1. The van der Waals surface area contributed by atoms with Gasteiger partial charge in [-0.15, -0.1) is 0 Å². The molecule has 1 rings (SSSR count). The predicted molar refractivity (Wildman–Crippen MR) is 100 cm³/mol. The highest BCUT2D eigenvalue weighted by molar-refractivity contribution is 6.10. The summed E-state index contributed by atoms with van der Waals surface area (Å²) in [5.74, 6) is -2.62. The van der Waals surface area contributed by atoms with Crippen molar-refractivity contribution < 1.29 is 29.0 Å². The van der Waals surface area contributed by atoms with Crippen LogP contribution in [0.15, 0.2) is 35.3 Å². The highest BCUT2D eigenvalue weighted by atomic mass is 16.5. The van der Waals surface area contributed by atoms with E-state index in [2.05, 4.69) is 10.3 Å². The number of nitrogens with one attached hydrogen (secondary N) is 1. The molecule has 0 saturated carbocycles. The van der Waals surface area contributed by atoms with Crippen molar-refractivity contribution in [3.8, 4) is 0 Å². The number of alkyl carbamates (subject to hydrolysis) is 1. The largest absolute Gasteiger partial charge is 0.480 e. The zero-order valence-corrected chi connectivity index (χ0v) is 15.8. The summed E-state index contributed by atoms with van der Waals surface area (Å²) in [5, 5.41) is 11.5. The van der Waals surface area contributed by atoms with Crippen LogP contribution in [0, 0.1) is 0 Å². The van der Waals surface area contributed by atoms with Gasteiger partial charge in [-0.25, -0.2) is 14.5 Å². The van der Waals surface area contributed by atoms with Gasteiger partial charge in [0, 0.05) is 20.4 Å². The molecule has 1 aromatic carbocycles. The monoisotopic (exact) mass is 392 g/mol. The summed E-state index contributed by atoms with van der Waals surface area (Å²) < 4.78 is 4.99. The third kappa shape index (κ3) is 7.85. The lowest BCUT2D eigenvalue weighted by Crippen LogP contribution is -2.44. The summed E-state index contributed by atoms with van der Waals surface area (Å²) in [4.78, 5) is 50.4. The number of carboxylic acids is 1. The van der Waals surface area contributed by atoms with Crippen molar-refractivity contribution >= 4 is 29.8 Å². The number of nitrogens with two attached hydrogens (primary N) is 1. The van der Waals surface area contributed by atoms with Gasteiger partial charge in [-0.05, 0) is 18.4 Å². The van der Waals surface area contributed by atoms with Crippen LogP contribution in [0.3, 0.4) is 0 Å². The molecule has 0 aliphatic rings. The Morgan fingerprint density at radius 2 is 1.79 bits per heavy atom. The van der Waals surface area contributed by atoms with Gasteiger partial charge in [-0.2, -0.15) is 0 Å². The molecule has 0 spiro atoms. The molecule has 28 heavy (non-hydrogen) atoms. The van der Waals surface area contributed by atoms with Crippen LogP contribution in [-0.4, -0.2) is 52.4 Å². The lowest BCUT2D eigenvalue weighted by atomic mass is 10.1. The Morgan fingerprint density at radius 1 is 1.18 bits per heavy atom. The molecule has 1 aromatic rings. The number of guanidine groups is 1. The van der Waals surface area contributed by atoms with E-state index in [1.165, 1.54) is 13.8 Å². The van der Waals surface area contributed by atoms with Crippen LogP contribution in [0.2, 0.25) is 0 Å². The molecule has 4 N–H and O–H groups in total. The van der Waals surface area contributed by atoms with Crippen molar-refractivity contribution in [1.82, 2.24) is 10.2 Å².